The van der Waals surface area contributed by atoms with Crippen LogP contribution >= 0.6 is 0 Å². The average Bonchev–Trinajstić information content (AvgIpc) is 2.66. The second-order valence-corrected chi connectivity index (χ2v) is 6.13. The van der Waals surface area contributed by atoms with Gasteiger partial charge in [-0.3, -0.25) is 4.79 Å². The predicted molar refractivity (Wildman–Crippen MR) is 82.1 cm³/mol. The van der Waals surface area contributed by atoms with Gasteiger partial charge in [0.2, 0.25) is 0 Å². The third-order valence-electron chi connectivity index (χ3n) is 4.22. The highest BCUT2D eigenvalue weighted by Gasteiger charge is 2.51. The van der Waals surface area contributed by atoms with E-state index in [9.17, 15) is 4.79 Å². The van der Waals surface area contributed by atoms with E-state index in [0.717, 1.165) is 5.46 Å². The second kappa shape index (κ2) is 5.35. The Hall–Kier alpha value is -1.53. The van der Waals surface area contributed by atoms with Crippen molar-refractivity contribution >= 4 is 18.5 Å². The van der Waals surface area contributed by atoms with Crippen LogP contribution in [-0.4, -0.2) is 38.4 Å². The number of hydrogen-bond acceptors (Lipinski definition) is 4. The topological polar surface area (TPSA) is 56.8 Å². The van der Waals surface area contributed by atoms with Gasteiger partial charge in [-0.2, -0.15) is 0 Å². The summed E-state index contributed by atoms with van der Waals surface area (Å²) < 4.78 is 17.3. The van der Waals surface area contributed by atoms with Gasteiger partial charge in [-0.25, -0.2) is 0 Å². The van der Waals surface area contributed by atoms with Crippen molar-refractivity contribution in [3.63, 3.8) is 0 Å². The van der Waals surface area contributed by atoms with Crippen molar-refractivity contribution in [1.82, 2.24) is 5.32 Å². The van der Waals surface area contributed by atoms with Gasteiger partial charge in [0.1, 0.15) is 5.75 Å². The van der Waals surface area contributed by atoms with Gasteiger partial charge >= 0.3 is 7.12 Å². The molecule has 0 spiro atoms. The minimum Gasteiger partial charge on any atom is -0.496 e. The molecule has 114 valence electrons. The van der Waals surface area contributed by atoms with Gasteiger partial charge in [0, 0.05) is 7.05 Å². The molecule has 1 saturated heterocycles. The van der Waals surface area contributed by atoms with Crippen LogP contribution in [0.3, 0.4) is 0 Å². The first kappa shape index (κ1) is 15.9. The van der Waals surface area contributed by atoms with Crippen LogP contribution in [0.4, 0.5) is 0 Å². The number of hydrogen-bond donors (Lipinski definition) is 1. The highest BCUT2D eigenvalue weighted by Crippen LogP contribution is 2.36. The summed E-state index contributed by atoms with van der Waals surface area (Å²) in [7, 11) is 2.65. The first-order valence-electron chi connectivity index (χ1n) is 6.97. The van der Waals surface area contributed by atoms with Crippen molar-refractivity contribution in [2.45, 2.75) is 38.9 Å². The molecule has 1 aliphatic heterocycles. The van der Waals surface area contributed by atoms with Crippen LogP contribution in [0.1, 0.15) is 38.1 Å². The normalized spacial score (nSPS) is 19.4. The predicted octanol–water partition coefficient (Wildman–Crippen LogP) is 1.35. The van der Waals surface area contributed by atoms with Crippen molar-refractivity contribution in [2.24, 2.45) is 0 Å². The standard InChI is InChI=1S/C15H22BNO4/c1-14(2)15(3,4)21-16(20-14)10-7-8-11(13(18)17-5)12(9-10)19-6/h7-9H,1-6H3,(H,17,18). The molecule has 2 rings (SSSR count). The van der Waals surface area contributed by atoms with Crippen LogP contribution in [0.5, 0.6) is 5.75 Å². The summed E-state index contributed by atoms with van der Waals surface area (Å²) >= 11 is 0. The summed E-state index contributed by atoms with van der Waals surface area (Å²) in [4.78, 5) is 11.8. The molecular formula is C15H22BNO4. The van der Waals surface area contributed by atoms with Gasteiger partial charge in [0.25, 0.3) is 5.91 Å². The van der Waals surface area contributed by atoms with Crippen LogP contribution in [-0.2, 0) is 9.31 Å². The summed E-state index contributed by atoms with van der Waals surface area (Å²) in [6, 6.07) is 5.33. The molecule has 1 N–H and O–H groups in total. The van der Waals surface area contributed by atoms with Crippen molar-refractivity contribution in [2.75, 3.05) is 14.2 Å². The van der Waals surface area contributed by atoms with Crippen LogP contribution in [0, 0.1) is 0 Å². The Labute approximate surface area is 126 Å². The van der Waals surface area contributed by atoms with Crippen molar-refractivity contribution < 1.29 is 18.8 Å². The van der Waals surface area contributed by atoms with E-state index < -0.39 is 18.3 Å². The summed E-state index contributed by atoms with van der Waals surface area (Å²) in [5.41, 5.74) is 0.521. The van der Waals surface area contributed by atoms with Gasteiger partial charge in [-0.05, 0) is 45.3 Å². The minimum absolute atomic E-state index is 0.188. The first-order valence-corrected chi connectivity index (χ1v) is 6.97. The van der Waals surface area contributed by atoms with E-state index in [0.29, 0.717) is 11.3 Å². The zero-order valence-electron chi connectivity index (χ0n) is 13.4. The summed E-state index contributed by atoms with van der Waals surface area (Å²) in [6.07, 6.45) is 0. The summed E-state index contributed by atoms with van der Waals surface area (Å²) in [5.74, 6) is 0.314. The van der Waals surface area contributed by atoms with E-state index in [2.05, 4.69) is 5.32 Å². The molecule has 0 saturated carbocycles. The smallest absolute Gasteiger partial charge is 0.494 e. The molecule has 0 radical (unpaired) electrons. The molecule has 0 atom stereocenters. The highest BCUT2D eigenvalue weighted by atomic mass is 16.7. The first-order chi connectivity index (χ1) is 9.71. The quantitative estimate of drug-likeness (QED) is 0.854. The fraction of sp³-hybridized carbons (Fsp3) is 0.533. The Balaban J connectivity index is 2.33. The number of methoxy groups -OCH3 is 1. The molecule has 21 heavy (non-hydrogen) atoms. The minimum atomic E-state index is -0.470. The maximum Gasteiger partial charge on any atom is 0.494 e. The molecule has 5 nitrogen and oxygen atoms in total. The molecule has 0 bridgehead atoms. The van der Waals surface area contributed by atoms with Gasteiger partial charge in [0.05, 0.1) is 23.9 Å². The maximum absolute atomic E-state index is 11.8. The summed E-state index contributed by atoms with van der Waals surface area (Å²) in [5, 5.41) is 2.59. The molecular weight excluding hydrogens is 269 g/mol. The molecule has 1 amide bonds. The fourth-order valence-corrected chi connectivity index (χ4v) is 2.16. The number of nitrogens with one attached hydrogen (secondary N) is 1. The van der Waals surface area contributed by atoms with Crippen LogP contribution in [0.15, 0.2) is 18.2 Å². The molecule has 0 aliphatic carbocycles. The van der Waals surface area contributed by atoms with Gasteiger partial charge in [-0.15, -0.1) is 0 Å². The van der Waals surface area contributed by atoms with E-state index in [1.165, 1.54) is 7.11 Å². The largest absolute Gasteiger partial charge is 0.496 e. The zero-order valence-corrected chi connectivity index (χ0v) is 13.4. The molecule has 1 aromatic carbocycles. The fourth-order valence-electron chi connectivity index (χ4n) is 2.16. The average molecular weight is 291 g/mol. The van der Waals surface area contributed by atoms with E-state index >= 15 is 0 Å². The van der Waals surface area contributed by atoms with Crippen LogP contribution in [0.2, 0.25) is 0 Å². The zero-order chi connectivity index (χ0) is 15.8. The van der Waals surface area contributed by atoms with E-state index in [4.69, 9.17) is 14.0 Å². The van der Waals surface area contributed by atoms with Gasteiger partial charge in [-0.1, -0.05) is 6.07 Å². The van der Waals surface area contributed by atoms with Crippen molar-refractivity contribution in [3.8, 4) is 5.75 Å². The molecule has 6 heteroatoms. The number of ether oxygens (including phenoxy) is 1. The van der Waals surface area contributed by atoms with E-state index in [-0.39, 0.29) is 5.91 Å². The molecule has 1 aliphatic rings. The molecule has 1 fully saturated rings. The Kier molecular flexibility index (Phi) is 4.04. The lowest BCUT2D eigenvalue weighted by atomic mass is 9.78. The van der Waals surface area contributed by atoms with Crippen LogP contribution < -0.4 is 15.5 Å². The SMILES string of the molecule is CNC(=O)c1ccc(B2OC(C)(C)C(C)(C)O2)cc1OC. The number of amides is 1. The Bertz CT molecular complexity index is 541. The second-order valence-electron chi connectivity index (χ2n) is 6.13. The Morgan fingerprint density at radius 1 is 1.19 bits per heavy atom. The lowest BCUT2D eigenvalue weighted by Crippen LogP contribution is -2.41. The van der Waals surface area contributed by atoms with E-state index in [1.54, 1.807) is 19.2 Å². The summed E-state index contributed by atoms with van der Waals surface area (Å²) in [6.45, 7) is 8.01. The third-order valence-corrected chi connectivity index (χ3v) is 4.22. The van der Waals surface area contributed by atoms with Crippen molar-refractivity contribution in [3.05, 3.63) is 23.8 Å². The highest BCUT2D eigenvalue weighted by molar-refractivity contribution is 6.62. The molecule has 1 aromatic rings. The van der Waals surface area contributed by atoms with Crippen LogP contribution in [0.25, 0.3) is 0 Å². The Morgan fingerprint density at radius 3 is 2.24 bits per heavy atom. The number of rotatable bonds is 3. The van der Waals surface area contributed by atoms with E-state index in [1.807, 2.05) is 33.8 Å². The Morgan fingerprint density at radius 2 is 1.76 bits per heavy atom. The number of carbonyl (C=O) groups excluding carboxylic acids is 1. The monoisotopic (exact) mass is 291 g/mol. The van der Waals surface area contributed by atoms with Gasteiger partial charge < -0.3 is 19.4 Å². The maximum atomic E-state index is 11.8. The third kappa shape index (κ3) is 2.78. The van der Waals surface area contributed by atoms with Crippen molar-refractivity contribution in [1.29, 1.82) is 0 Å². The lowest BCUT2D eigenvalue weighted by molar-refractivity contribution is 0.00578. The molecule has 0 unspecified atom stereocenters. The lowest BCUT2D eigenvalue weighted by Gasteiger charge is -2.32. The van der Waals surface area contributed by atoms with Gasteiger partial charge in [0.15, 0.2) is 0 Å². The number of benzene rings is 1. The number of carbonyl (C=O) groups is 1. The molecule has 1 heterocycles. The molecule has 0 aromatic heterocycles.